The van der Waals surface area contributed by atoms with Gasteiger partial charge in [-0.05, 0) is 70.6 Å². The highest BCUT2D eigenvalue weighted by Gasteiger charge is 2.19. The Bertz CT molecular complexity index is 1020. The summed E-state index contributed by atoms with van der Waals surface area (Å²) in [4.78, 5) is 12.4. The number of amides is 1. The van der Waals surface area contributed by atoms with Crippen molar-refractivity contribution in [3.8, 4) is 0 Å². The van der Waals surface area contributed by atoms with E-state index in [2.05, 4.69) is 104 Å². The van der Waals surface area contributed by atoms with Crippen molar-refractivity contribution >= 4 is 5.91 Å². The van der Waals surface area contributed by atoms with Gasteiger partial charge in [0.05, 0.1) is 18.8 Å². The summed E-state index contributed by atoms with van der Waals surface area (Å²) in [6.07, 6.45) is 68.1. The lowest BCUT2D eigenvalue weighted by Gasteiger charge is -2.22. The number of hydrogen-bond acceptors (Lipinski definition) is 3. The monoisotopic (exact) mass is 778 g/mol. The van der Waals surface area contributed by atoms with Crippen LogP contribution in [0.1, 0.15) is 219 Å². The molecule has 0 aromatic carbocycles. The molecule has 0 spiro atoms. The Labute approximate surface area is 348 Å². The molecule has 322 valence electrons. The molecular weight excluding hydrogens is 687 g/mol. The summed E-state index contributed by atoms with van der Waals surface area (Å²) in [5.74, 6) is -0.0653. The molecule has 56 heavy (non-hydrogen) atoms. The third kappa shape index (κ3) is 42.7. The summed E-state index contributed by atoms with van der Waals surface area (Å²) in [7, 11) is 0. The van der Waals surface area contributed by atoms with Crippen molar-refractivity contribution in [3.63, 3.8) is 0 Å². The van der Waals surface area contributed by atoms with E-state index >= 15 is 0 Å². The molecule has 0 aliphatic heterocycles. The normalized spacial score (nSPS) is 13.7. The van der Waals surface area contributed by atoms with E-state index in [-0.39, 0.29) is 12.5 Å². The number of allylic oxidation sites excluding steroid dienone is 14. The minimum Gasteiger partial charge on any atom is -0.394 e. The number of unbranched alkanes of at least 4 members (excludes halogenated alkanes) is 21. The lowest BCUT2D eigenvalue weighted by molar-refractivity contribution is -0.123. The van der Waals surface area contributed by atoms with E-state index in [4.69, 9.17) is 0 Å². The maximum Gasteiger partial charge on any atom is 0.220 e. The molecule has 0 aliphatic carbocycles. The number of nitrogens with one attached hydrogen (secondary N) is 1. The second kappa shape index (κ2) is 46.9. The first-order valence-corrected chi connectivity index (χ1v) is 23.8. The second-order valence-corrected chi connectivity index (χ2v) is 15.8. The standard InChI is InChI=1S/C52H91NO3/c1-3-5-7-9-11-13-15-17-19-21-23-24-25-26-27-28-30-32-34-36-38-40-42-44-46-48-52(56)53-50(49-54)51(55)47-45-43-41-39-37-35-33-31-29-22-20-18-16-14-12-10-8-6-4-2/h5,7,11,13,17,19,23-24,26-27,30,32,36,38,50-51,54-55H,3-4,6,8-10,12,14-16,18,20-22,25,28-29,31,33-35,37,39-49H2,1-2H3,(H,53,56)/b7-5-,13-11-,19-17-,24-23-,27-26-,32-30-,38-36-. The van der Waals surface area contributed by atoms with Gasteiger partial charge in [0, 0.05) is 6.42 Å². The predicted octanol–water partition coefficient (Wildman–Crippen LogP) is 15.2. The minimum atomic E-state index is -0.680. The van der Waals surface area contributed by atoms with Crippen LogP contribution in [0.5, 0.6) is 0 Å². The van der Waals surface area contributed by atoms with Crippen molar-refractivity contribution in [1.82, 2.24) is 5.32 Å². The summed E-state index contributed by atoms with van der Waals surface area (Å²) < 4.78 is 0. The number of carbonyl (C=O) groups is 1. The fourth-order valence-electron chi connectivity index (χ4n) is 6.81. The molecular formula is C52H91NO3. The predicted molar refractivity (Wildman–Crippen MR) is 248 cm³/mol. The van der Waals surface area contributed by atoms with E-state index in [1.807, 2.05) is 0 Å². The molecule has 4 nitrogen and oxygen atoms in total. The Morgan fingerprint density at radius 1 is 0.446 bits per heavy atom. The minimum absolute atomic E-state index is 0.0653. The third-order valence-electron chi connectivity index (χ3n) is 10.4. The quantitative estimate of drug-likeness (QED) is 0.0427. The molecule has 2 unspecified atom stereocenters. The maximum absolute atomic E-state index is 12.4. The van der Waals surface area contributed by atoms with E-state index in [1.54, 1.807) is 0 Å². The zero-order valence-electron chi connectivity index (χ0n) is 36.9. The molecule has 0 aromatic heterocycles. The molecule has 0 fully saturated rings. The van der Waals surface area contributed by atoms with Gasteiger partial charge >= 0.3 is 0 Å². The summed E-state index contributed by atoms with van der Waals surface area (Å²) in [6.45, 7) is 4.23. The van der Waals surface area contributed by atoms with Crippen LogP contribution in [0.2, 0.25) is 0 Å². The topological polar surface area (TPSA) is 69.6 Å². The SMILES string of the molecule is CC/C=C\C/C=C\C/C=C\C/C=C\C/C=C\C/C=C\C/C=C\CCCCCC(=O)NC(CO)C(O)CCCCCCCCCCCCCCCCCCCCC. The van der Waals surface area contributed by atoms with Crippen molar-refractivity contribution in [2.24, 2.45) is 0 Å². The van der Waals surface area contributed by atoms with Crippen molar-refractivity contribution in [1.29, 1.82) is 0 Å². The molecule has 0 aromatic rings. The van der Waals surface area contributed by atoms with Crippen molar-refractivity contribution in [2.75, 3.05) is 6.61 Å². The number of carbonyl (C=O) groups excluding carboxylic acids is 1. The molecule has 0 rings (SSSR count). The summed E-state index contributed by atoms with van der Waals surface area (Å²) >= 11 is 0. The molecule has 0 aliphatic rings. The molecule has 0 heterocycles. The Balaban J connectivity index is 3.64. The molecule has 0 bridgehead atoms. The fourth-order valence-corrected chi connectivity index (χ4v) is 6.81. The molecule has 0 radical (unpaired) electrons. The molecule has 4 heteroatoms. The average molecular weight is 778 g/mol. The first-order chi connectivity index (χ1) is 27.7. The van der Waals surface area contributed by atoms with Crippen molar-refractivity contribution < 1.29 is 15.0 Å². The van der Waals surface area contributed by atoms with E-state index in [0.29, 0.717) is 12.8 Å². The molecule has 0 saturated carbocycles. The zero-order chi connectivity index (χ0) is 40.7. The lowest BCUT2D eigenvalue weighted by Crippen LogP contribution is -2.45. The van der Waals surface area contributed by atoms with Crippen LogP contribution in [0.3, 0.4) is 0 Å². The van der Waals surface area contributed by atoms with Gasteiger partial charge in [0.2, 0.25) is 5.91 Å². The third-order valence-corrected chi connectivity index (χ3v) is 10.4. The van der Waals surface area contributed by atoms with Crippen LogP contribution in [0, 0.1) is 0 Å². The highest BCUT2D eigenvalue weighted by Crippen LogP contribution is 2.16. The van der Waals surface area contributed by atoms with Crippen LogP contribution in [0.4, 0.5) is 0 Å². The van der Waals surface area contributed by atoms with Crippen LogP contribution in [0.25, 0.3) is 0 Å². The summed E-state index contributed by atoms with van der Waals surface area (Å²) in [5, 5.41) is 23.2. The number of rotatable bonds is 42. The highest BCUT2D eigenvalue weighted by atomic mass is 16.3. The van der Waals surface area contributed by atoms with Gasteiger partial charge in [-0.25, -0.2) is 0 Å². The molecule has 3 N–H and O–H groups in total. The van der Waals surface area contributed by atoms with Crippen LogP contribution in [0.15, 0.2) is 85.1 Å². The van der Waals surface area contributed by atoms with Gasteiger partial charge in [0.25, 0.3) is 0 Å². The Morgan fingerprint density at radius 3 is 1.16 bits per heavy atom. The first-order valence-electron chi connectivity index (χ1n) is 23.8. The van der Waals surface area contributed by atoms with Crippen molar-refractivity contribution in [3.05, 3.63) is 85.1 Å². The fraction of sp³-hybridized carbons (Fsp3) is 0.712. The van der Waals surface area contributed by atoms with Gasteiger partial charge in [0.1, 0.15) is 0 Å². The molecule has 1 amide bonds. The molecule has 0 saturated heterocycles. The molecule has 2 atom stereocenters. The van der Waals surface area contributed by atoms with E-state index in [1.165, 1.54) is 109 Å². The Kier molecular flexibility index (Phi) is 44.9. The van der Waals surface area contributed by atoms with Crippen LogP contribution >= 0.6 is 0 Å². The number of hydrogen-bond donors (Lipinski definition) is 3. The summed E-state index contributed by atoms with van der Waals surface area (Å²) in [6, 6.07) is -0.560. The second-order valence-electron chi connectivity index (χ2n) is 15.8. The number of aliphatic hydroxyl groups excluding tert-OH is 2. The van der Waals surface area contributed by atoms with Crippen LogP contribution < -0.4 is 5.32 Å². The van der Waals surface area contributed by atoms with E-state index < -0.39 is 12.1 Å². The van der Waals surface area contributed by atoms with Crippen LogP contribution in [-0.2, 0) is 4.79 Å². The number of aliphatic hydroxyl groups is 2. The van der Waals surface area contributed by atoms with Gasteiger partial charge in [-0.1, -0.05) is 227 Å². The largest absolute Gasteiger partial charge is 0.394 e. The average Bonchev–Trinajstić information content (AvgIpc) is 3.20. The zero-order valence-corrected chi connectivity index (χ0v) is 36.9. The maximum atomic E-state index is 12.4. The highest BCUT2D eigenvalue weighted by molar-refractivity contribution is 5.76. The van der Waals surface area contributed by atoms with E-state index in [9.17, 15) is 15.0 Å². The smallest absolute Gasteiger partial charge is 0.220 e. The van der Waals surface area contributed by atoms with Gasteiger partial charge in [-0.15, -0.1) is 0 Å². The lowest BCUT2D eigenvalue weighted by atomic mass is 10.0. The van der Waals surface area contributed by atoms with Gasteiger partial charge < -0.3 is 15.5 Å². The Morgan fingerprint density at radius 2 is 0.786 bits per heavy atom. The summed E-state index contributed by atoms with van der Waals surface area (Å²) in [5.41, 5.74) is 0. The van der Waals surface area contributed by atoms with Gasteiger partial charge in [0.15, 0.2) is 0 Å². The van der Waals surface area contributed by atoms with Crippen LogP contribution in [-0.4, -0.2) is 34.9 Å². The van der Waals surface area contributed by atoms with E-state index in [0.717, 1.165) is 83.5 Å². The first kappa shape index (κ1) is 53.6. The van der Waals surface area contributed by atoms with Crippen molar-refractivity contribution in [2.45, 2.75) is 231 Å². The Hall–Kier alpha value is -2.43. The van der Waals surface area contributed by atoms with Gasteiger partial charge in [-0.3, -0.25) is 4.79 Å². The van der Waals surface area contributed by atoms with Gasteiger partial charge in [-0.2, -0.15) is 0 Å².